The molecule has 3 nitrogen and oxygen atoms in total. The Hall–Kier alpha value is -1.48. The quantitative estimate of drug-likeness (QED) is 0.849. The maximum absolute atomic E-state index is 10.4. The van der Waals surface area contributed by atoms with Gasteiger partial charge in [-0.15, -0.1) is 0 Å². The molecular formula is C14H16O3. The van der Waals surface area contributed by atoms with Crippen LogP contribution in [0.4, 0.5) is 0 Å². The summed E-state index contributed by atoms with van der Waals surface area (Å²) in [6, 6.07) is 7.92. The van der Waals surface area contributed by atoms with Crippen LogP contribution in [-0.2, 0) is 4.74 Å². The van der Waals surface area contributed by atoms with E-state index in [1.54, 1.807) is 6.26 Å². The monoisotopic (exact) mass is 232 g/mol. The molecule has 0 aromatic heterocycles. The summed E-state index contributed by atoms with van der Waals surface area (Å²) >= 11 is 0. The number of benzene rings is 1. The second kappa shape index (κ2) is 4.41. The van der Waals surface area contributed by atoms with Crippen molar-refractivity contribution >= 4 is 0 Å². The zero-order valence-corrected chi connectivity index (χ0v) is 9.63. The highest BCUT2D eigenvalue weighted by atomic mass is 16.5. The first kappa shape index (κ1) is 10.7. The zero-order valence-electron chi connectivity index (χ0n) is 9.63. The van der Waals surface area contributed by atoms with Crippen LogP contribution in [-0.4, -0.2) is 24.4 Å². The van der Waals surface area contributed by atoms with Crippen LogP contribution in [0.25, 0.3) is 0 Å². The average molecular weight is 232 g/mol. The molecule has 0 aliphatic carbocycles. The van der Waals surface area contributed by atoms with Crippen molar-refractivity contribution in [1.82, 2.24) is 0 Å². The fourth-order valence-corrected chi connectivity index (χ4v) is 2.51. The van der Waals surface area contributed by atoms with Gasteiger partial charge < -0.3 is 14.6 Å². The first-order valence-corrected chi connectivity index (χ1v) is 6.06. The van der Waals surface area contributed by atoms with E-state index in [1.165, 1.54) is 0 Å². The molecule has 90 valence electrons. The van der Waals surface area contributed by atoms with Gasteiger partial charge in [0, 0.05) is 5.56 Å². The smallest absolute Gasteiger partial charge is 0.123 e. The lowest BCUT2D eigenvalue weighted by molar-refractivity contribution is 0.136. The molecule has 2 unspecified atom stereocenters. The molecule has 0 fully saturated rings. The Labute approximate surface area is 101 Å². The van der Waals surface area contributed by atoms with Crippen molar-refractivity contribution in [1.29, 1.82) is 0 Å². The van der Waals surface area contributed by atoms with Crippen molar-refractivity contribution in [3.63, 3.8) is 0 Å². The van der Waals surface area contributed by atoms with Gasteiger partial charge in [-0.05, 0) is 24.5 Å². The van der Waals surface area contributed by atoms with E-state index in [0.29, 0.717) is 6.61 Å². The maximum atomic E-state index is 10.4. The summed E-state index contributed by atoms with van der Waals surface area (Å²) in [6.07, 6.45) is 3.13. The topological polar surface area (TPSA) is 38.7 Å². The van der Waals surface area contributed by atoms with E-state index in [2.05, 4.69) is 0 Å². The Balaban J connectivity index is 1.84. The van der Waals surface area contributed by atoms with Crippen molar-refractivity contribution in [2.24, 2.45) is 0 Å². The lowest BCUT2D eigenvalue weighted by Gasteiger charge is -2.23. The van der Waals surface area contributed by atoms with Gasteiger partial charge in [0.15, 0.2) is 0 Å². The van der Waals surface area contributed by atoms with Crippen LogP contribution in [0.3, 0.4) is 0 Å². The molecule has 0 saturated carbocycles. The van der Waals surface area contributed by atoms with Crippen molar-refractivity contribution < 1.29 is 14.6 Å². The zero-order chi connectivity index (χ0) is 11.7. The number of fused-ring (bicyclic) bond motifs is 1. The molecule has 0 spiro atoms. The van der Waals surface area contributed by atoms with Crippen molar-refractivity contribution in [2.45, 2.75) is 24.9 Å². The van der Waals surface area contributed by atoms with Gasteiger partial charge in [-0.2, -0.15) is 0 Å². The third-order valence-corrected chi connectivity index (χ3v) is 3.46. The van der Waals surface area contributed by atoms with E-state index in [-0.39, 0.29) is 5.92 Å². The molecule has 1 aromatic rings. The number of para-hydroxylation sites is 1. The molecule has 1 N–H and O–H groups in total. The van der Waals surface area contributed by atoms with Gasteiger partial charge in [-0.25, -0.2) is 0 Å². The number of aliphatic hydroxyl groups is 1. The van der Waals surface area contributed by atoms with E-state index in [4.69, 9.17) is 9.47 Å². The Morgan fingerprint density at radius 1 is 1.29 bits per heavy atom. The number of hydrogen-bond donors (Lipinski definition) is 1. The van der Waals surface area contributed by atoms with Crippen molar-refractivity contribution in [3.8, 4) is 5.75 Å². The second-order valence-electron chi connectivity index (χ2n) is 4.57. The molecule has 2 heterocycles. The minimum absolute atomic E-state index is 0.0409. The van der Waals surface area contributed by atoms with E-state index < -0.39 is 6.10 Å². The van der Waals surface area contributed by atoms with E-state index in [9.17, 15) is 5.11 Å². The summed E-state index contributed by atoms with van der Waals surface area (Å²) < 4.78 is 10.9. The molecule has 0 radical (unpaired) electrons. The van der Waals surface area contributed by atoms with Crippen LogP contribution in [0.2, 0.25) is 0 Å². The van der Waals surface area contributed by atoms with Gasteiger partial charge in [0.05, 0.1) is 31.5 Å². The largest absolute Gasteiger partial charge is 0.501 e. The average Bonchev–Trinajstić information content (AvgIpc) is 2.83. The minimum Gasteiger partial charge on any atom is -0.501 e. The molecular weight excluding hydrogens is 216 g/mol. The highest BCUT2D eigenvalue weighted by molar-refractivity contribution is 5.41. The van der Waals surface area contributed by atoms with Gasteiger partial charge in [0.1, 0.15) is 5.75 Å². The predicted molar refractivity (Wildman–Crippen MR) is 64.0 cm³/mol. The molecule has 17 heavy (non-hydrogen) atoms. The lowest BCUT2D eigenvalue weighted by Crippen LogP contribution is -2.24. The highest BCUT2D eigenvalue weighted by Gasteiger charge is 2.32. The third-order valence-electron chi connectivity index (χ3n) is 3.46. The SMILES string of the molecule is OC(C1=COCCC1)C1COc2ccccc21. The van der Waals surface area contributed by atoms with Crippen LogP contribution >= 0.6 is 0 Å². The van der Waals surface area contributed by atoms with Gasteiger partial charge in [0.2, 0.25) is 0 Å². The molecule has 3 rings (SSSR count). The lowest BCUT2D eigenvalue weighted by atomic mass is 9.89. The molecule has 3 heteroatoms. The summed E-state index contributed by atoms with van der Waals surface area (Å²) in [5.41, 5.74) is 2.09. The Morgan fingerprint density at radius 2 is 2.18 bits per heavy atom. The molecule has 2 aliphatic heterocycles. The summed E-state index contributed by atoms with van der Waals surface area (Å²) in [6.45, 7) is 1.31. The Kier molecular flexibility index (Phi) is 2.77. The highest BCUT2D eigenvalue weighted by Crippen LogP contribution is 2.38. The summed E-state index contributed by atoms with van der Waals surface area (Å²) in [5, 5.41) is 10.4. The number of ether oxygens (including phenoxy) is 2. The van der Waals surface area contributed by atoms with Crippen LogP contribution in [0.1, 0.15) is 24.3 Å². The van der Waals surface area contributed by atoms with Gasteiger partial charge in [-0.1, -0.05) is 18.2 Å². The Morgan fingerprint density at radius 3 is 3.00 bits per heavy atom. The Bertz CT molecular complexity index is 439. The fraction of sp³-hybridized carbons (Fsp3) is 0.429. The normalized spacial score (nSPS) is 24.3. The second-order valence-corrected chi connectivity index (χ2v) is 4.57. The number of rotatable bonds is 2. The van der Waals surface area contributed by atoms with Crippen molar-refractivity contribution in [2.75, 3.05) is 13.2 Å². The standard InChI is InChI=1S/C14H16O3/c15-14(10-4-3-7-16-8-10)12-9-17-13-6-2-1-5-11(12)13/h1-2,5-6,8,12,14-15H,3-4,7,9H2. The molecule has 0 bridgehead atoms. The third kappa shape index (κ3) is 1.91. The van der Waals surface area contributed by atoms with Crippen LogP contribution in [0.5, 0.6) is 5.75 Å². The van der Waals surface area contributed by atoms with Crippen LogP contribution in [0, 0.1) is 0 Å². The summed E-state index contributed by atoms with van der Waals surface area (Å²) in [7, 11) is 0. The maximum Gasteiger partial charge on any atom is 0.123 e. The first-order valence-electron chi connectivity index (χ1n) is 6.06. The minimum atomic E-state index is -0.487. The van der Waals surface area contributed by atoms with E-state index in [1.807, 2.05) is 24.3 Å². The number of aliphatic hydroxyl groups excluding tert-OH is 1. The fourth-order valence-electron chi connectivity index (χ4n) is 2.51. The molecule has 0 amide bonds. The van der Waals surface area contributed by atoms with E-state index in [0.717, 1.165) is 36.3 Å². The molecule has 1 aromatic carbocycles. The molecule has 2 atom stereocenters. The van der Waals surface area contributed by atoms with Gasteiger partial charge >= 0.3 is 0 Å². The van der Waals surface area contributed by atoms with Gasteiger partial charge in [-0.3, -0.25) is 0 Å². The molecule has 2 aliphatic rings. The van der Waals surface area contributed by atoms with E-state index >= 15 is 0 Å². The summed E-state index contributed by atoms with van der Waals surface area (Å²) in [4.78, 5) is 0. The van der Waals surface area contributed by atoms with Crippen LogP contribution in [0.15, 0.2) is 36.1 Å². The van der Waals surface area contributed by atoms with Gasteiger partial charge in [0.25, 0.3) is 0 Å². The summed E-state index contributed by atoms with van der Waals surface area (Å²) in [5.74, 6) is 0.938. The first-order chi connectivity index (χ1) is 8.36. The predicted octanol–water partition coefficient (Wildman–Crippen LogP) is 2.22. The van der Waals surface area contributed by atoms with Crippen molar-refractivity contribution in [3.05, 3.63) is 41.7 Å². The van der Waals surface area contributed by atoms with Crippen LogP contribution < -0.4 is 4.74 Å². The number of hydrogen-bond acceptors (Lipinski definition) is 3. The molecule has 0 saturated heterocycles.